The van der Waals surface area contributed by atoms with E-state index < -0.39 is 0 Å². The lowest BCUT2D eigenvalue weighted by atomic mass is 9.98. The van der Waals surface area contributed by atoms with E-state index in [1.54, 1.807) is 6.33 Å². The zero-order valence-electron chi connectivity index (χ0n) is 18.8. The van der Waals surface area contributed by atoms with Gasteiger partial charge in [-0.25, -0.2) is 4.98 Å². The van der Waals surface area contributed by atoms with Gasteiger partial charge in [0.15, 0.2) is 0 Å². The second-order valence-electron chi connectivity index (χ2n) is 7.33. The molecule has 0 aliphatic carbocycles. The number of H-pyrrole nitrogens is 1. The fourth-order valence-electron chi connectivity index (χ4n) is 3.10. The molecule has 1 aromatic heterocycles. The lowest BCUT2D eigenvalue weighted by Crippen LogP contribution is -2.19. The Hall–Kier alpha value is -1.27. The number of alkyl halides is 1. The number of aromatic amines is 1. The first-order chi connectivity index (χ1) is 14.7. The van der Waals surface area contributed by atoms with Crippen LogP contribution in [0.25, 0.3) is 5.57 Å². The highest BCUT2D eigenvalue weighted by molar-refractivity contribution is 7.97. The summed E-state index contributed by atoms with van der Waals surface area (Å²) in [7, 11) is 0. The van der Waals surface area contributed by atoms with Crippen LogP contribution in [-0.4, -0.2) is 41.9 Å². The maximum atomic E-state index is 5.42. The van der Waals surface area contributed by atoms with Crippen LogP contribution in [0.3, 0.4) is 0 Å². The summed E-state index contributed by atoms with van der Waals surface area (Å²) in [5, 5.41) is 0. The Kier molecular flexibility index (Phi) is 15.5. The van der Waals surface area contributed by atoms with E-state index in [2.05, 4.69) is 58.9 Å². The minimum atomic E-state index is 0.811. The molecule has 6 heteroatoms. The predicted octanol–water partition coefficient (Wildman–Crippen LogP) is 6.56. The molecule has 1 fully saturated rings. The predicted molar refractivity (Wildman–Crippen MR) is 134 cm³/mol. The molecular weight excluding hydrogens is 414 g/mol. The zero-order chi connectivity index (χ0) is 22.0. The highest BCUT2D eigenvalue weighted by Crippen LogP contribution is 2.24. The first kappa shape index (κ1) is 26.8. The molecule has 4 nitrogen and oxygen atoms in total. The van der Waals surface area contributed by atoms with Crippen LogP contribution in [0.15, 0.2) is 54.6 Å². The van der Waals surface area contributed by atoms with Crippen molar-refractivity contribution in [1.29, 1.82) is 0 Å². The number of imidazole rings is 1. The quantitative estimate of drug-likeness (QED) is 0.163. The fraction of sp³-hybridized carbons (Fsp3) is 0.542. The molecule has 0 spiro atoms. The van der Waals surface area contributed by atoms with Crippen LogP contribution in [0.5, 0.6) is 0 Å². The van der Waals surface area contributed by atoms with E-state index in [1.807, 2.05) is 30.3 Å². The number of hydrogen-bond acceptors (Lipinski definition) is 4. The topological polar surface area (TPSA) is 49.9 Å². The summed E-state index contributed by atoms with van der Waals surface area (Å²) in [4.78, 5) is 7.45. The first-order valence-corrected chi connectivity index (χ1v) is 12.4. The Morgan fingerprint density at radius 1 is 1.37 bits per heavy atom. The van der Waals surface area contributed by atoms with Crippen molar-refractivity contribution < 1.29 is 4.74 Å². The number of unbranched alkanes of at least 4 members (excludes halogenated alkanes) is 1. The highest BCUT2D eigenvalue weighted by atomic mass is 35.5. The second kappa shape index (κ2) is 17.4. The molecule has 0 atom stereocenters. The van der Waals surface area contributed by atoms with Crippen molar-refractivity contribution in [2.24, 2.45) is 5.92 Å². The monoisotopic (exact) mass is 451 g/mol. The summed E-state index contributed by atoms with van der Waals surface area (Å²) in [6.07, 6.45) is 19.0. The van der Waals surface area contributed by atoms with Gasteiger partial charge >= 0.3 is 0 Å². The first-order valence-electron chi connectivity index (χ1n) is 10.6. The van der Waals surface area contributed by atoms with Gasteiger partial charge in [-0.15, -0.1) is 11.6 Å². The number of aromatic nitrogens is 2. The molecule has 2 heterocycles. The molecule has 0 bridgehead atoms. The van der Waals surface area contributed by atoms with Crippen molar-refractivity contribution in [3.8, 4) is 0 Å². The molecule has 1 aliphatic rings. The van der Waals surface area contributed by atoms with E-state index >= 15 is 0 Å². The Balaban J connectivity index is 0.00000218. The number of rotatable bonds is 12. The van der Waals surface area contributed by atoms with Crippen LogP contribution in [0.2, 0.25) is 0 Å². The van der Waals surface area contributed by atoms with Crippen LogP contribution in [0.4, 0.5) is 0 Å². The van der Waals surface area contributed by atoms with Crippen LogP contribution < -0.4 is 4.72 Å². The van der Waals surface area contributed by atoms with Gasteiger partial charge in [0.25, 0.3) is 0 Å². The molecule has 0 saturated carbocycles. The Morgan fingerprint density at radius 3 is 2.80 bits per heavy atom. The number of ether oxygens (including phenoxy) is 1. The van der Waals surface area contributed by atoms with E-state index in [0.29, 0.717) is 0 Å². The minimum Gasteiger partial charge on any atom is -0.381 e. The van der Waals surface area contributed by atoms with Crippen LogP contribution in [0.1, 0.15) is 51.6 Å². The van der Waals surface area contributed by atoms with Gasteiger partial charge in [-0.2, -0.15) is 0 Å². The summed E-state index contributed by atoms with van der Waals surface area (Å²) in [6.45, 7) is 11.0. The van der Waals surface area contributed by atoms with Gasteiger partial charge in [-0.3, -0.25) is 4.72 Å². The van der Waals surface area contributed by atoms with Gasteiger partial charge in [0.2, 0.25) is 0 Å². The molecule has 168 valence electrons. The summed E-state index contributed by atoms with van der Waals surface area (Å²) in [6, 6.07) is 0. The van der Waals surface area contributed by atoms with Crippen LogP contribution in [0, 0.1) is 5.92 Å². The van der Waals surface area contributed by atoms with Crippen molar-refractivity contribution in [3.63, 3.8) is 0 Å². The summed E-state index contributed by atoms with van der Waals surface area (Å²) >= 11 is 6.51. The summed E-state index contributed by atoms with van der Waals surface area (Å²) in [5.41, 5.74) is 5.08. The van der Waals surface area contributed by atoms with Gasteiger partial charge in [0, 0.05) is 31.9 Å². The van der Waals surface area contributed by atoms with Crippen molar-refractivity contribution in [2.75, 3.05) is 31.9 Å². The van der Waals surface area contributed by atoms with Gasteiger partial charge in [-0.05, 0) is 57.4 Å². The van der Waals surface area contributed by atoms with Crippen molar-refractivity contribution >= 4 is 29.1 Å². The second-order valence-corrected chi connectivity index (χ2v) is 8.24. The maximum Gasteiger partial charge on any atom is 0.0924 e. The lowest BCUT2D eigenvalue weighted by Gasteiger charge is -2.21. The number of hydrogen-bond donors (Lipinski definition) is 2. The molecule has 0 unspecified atom stereocenters. The van der Waals surface area contributed by atoms with E-state index in [4.69, 9.17) is 4.74 Å². The molecule has 30 heavy (non-hydrogen) atoms. The zero-order valence-corrected chi connectivity index (χ0v) is 20.3. The van der Waals surface area contributed by atoms with Gasteiger partial charge in [0.1, 0.15) is 0 Å². The Morgan fingerprint density at radius 2 is 2.13 bits per heavy atom. The van der Waals surface area contributed by atoms with E-state index in [-0.39, 0.29) is 0 Å². The molecule has 1 saturated heterocycles. The molecule has 0 radical (unpaired) electrons. The fourth-order valence-corrected chi connectivity index (χ4v) is 4.08. The highest BCUT2D eigenvalue weighted by Gasteiger charge is 2.13. The van der Waals surface area contributed by atoms with Crippen LogP contribution >= 0.6 is 23.5 Å². The van der Waals surface area contributed by atoms with Gasteiger partial charge in [0.05, 0.1) is 18.2 Å². The number of nitrogens with one attached hydrogen (secondary N) is 2. The lowest BCUT2D eigenvalue weighted by molar-refractivity contribution is 0.0727. The Bertz CT molecular complexity index is 662. The summed E-state index contributed by atoms with van der Waals surface area (Å²) < 4.78 is 8.94. The largest absolute Gasteiger partial charge is 0.381 e. The van der Waals surface area contributed by atoms with Crippen LogP contribution in [-0.2, 0) is 4.74 Å². The number of allylic oxidation sites excluding steroid dienone is 7. The third-order valence-corrected chi connectivity index (χ3v) is 6.14. The summed E-state index contributed by atoms with van der Waals surface area (Å²) in [5.74, 6) is 2.01. The van der Waals surface area contributed by atoms with Crippen molar-refractivity contribution in [3.05, 3.63) is 60.2 Å². The van der Waals surface area contributed by atoms with Crippen molar-refractivity contribution in [1.82, 2.24) is 14.7 Å². The average Bonchev–Trinajstić information content (AvgIpc) is 3.32. The third kappa shape index (κ3) is 11.2. The number of nitrogens with zero attached hydrogens (tertiary/aromatic N) is 1. The minimum absolute atomic E-state index is 0.811. The van der Waals surface area contributed by atoms with Gasteiger partial charge < -0.3 is 9.72 Å². The normalized spacial score (nSPS) is 16.2. The molecule has 1 aliphatic heterocycles. The Labute approximate surface area is 192 Å². The van der Waals surface area contributed by atoms with E-state index in [0.717, 1.165) is 50.6 Å². The van der Waals surface area contributed by atoms with Crippen molar-refractivity contribution in [2.45, 2.75) is 46.0 Å². The van der Waals surface area contributed by atoms with Gasteiger partial charge in [-0.1, -0.05) is 54.0 Å². The SMILES string of the molecule is C=C/C=C\C(C)=C(\C)C/C(=C/CCCNSCC1CCOCC1)c1cnc[nH]1.CCl. The molecular formula is C24H38ClN3OS. The molecule has 0 amide bonds. The standard InChI is InChI=1S/C23H35N3OS.CH3Cl/c1-4-5-8-19(2)20(3)15-22(23-16-24-18-25-23)9-6-7-12-26-28-17-21-10-13-27-14-11-21;1-2/h4-5,8-9,16,18,21,26H,1,6-7,10-15,17H2,2-3H3,(H,24,25);1H3/b8-5-,20-19-,22-9-;. The molecule has 1 aromatic rings. The third-order valence-electron chi connectivity index (χ3n) is 5.09. The number of halogens is 1. The smallest absolute Gasteiger partial charge is 0.0924 e. The van der Waals surface area contributed by atoms with E-state index in [1.165, 1.54) is 41.7 Å². The molecule has 2 rings (SSSR count). The molecule has 2 N–H and O–H groups in total. The molecule has 0 aromatic carbocycles. The van der Waals surface area contributed by atoms with E-state index in [9.17, 15) is 0 Å². The maximum absolute atomic E-state index is 5.42. The average molecular weight is 452 g/mol.